The molecule has 0 N–H and O–H groups in total. The smallest absolute Gasteiger partial charge is 0.143 e. The van der Waals surface area contributed by atoms with Crippen LogP contribution in [-0.4, -0.2) is 0 Å². The lowest BCUT2D eigenvalue weighted by Gasteiger charge is -2.06. The Morgan fingerprint density at radius 3 is 1.93 bits per heavy atom. The predicted octanol–water partition coefficient (Wildman–Crippen LogP) is 4.19. The van der Waals surface area contributed by atoms with Crippen LogP contribution < -0.4 is 10.4 Å². The van der Waals surface area contributed by atoms with Crippen LogP contribution in [0.4, 0.5) is 8.78 Å². The van der Waals surface area contributed by atoms with Crippen molar-refractivity contribution in [3.05, 3.63) is 68.2 Å². The van der Waals surface area contributed by atoms with Gasteiger partial charge in [0.05, 0.1) is 11.1 Å². The van der Waals surface area contributed by atoms with E-state index in [-0.39, 0.29) is 22.3 Å². The molecule has 0 aliphatic carbocycles. The van der Waals surface area contributed by atoms with Gasteiger partial charge in [0.15, 0.2) is 0 Å². The third-order valence-electron chi connectivity index (χ3n) is 4.61. The summed E-state index contributed by atoms with van der Waals surface area (Å²) in [5, 5.41) is 43.5. The van der Waals surface area contributed by atoms with Crippen molar-refractivity contribution in [2.45, 2.75) is 0 Å². The second kappa shape index (κ2) is 7.39. The molecule has 2 heterocycles. The maximum atomic E-state index is 14.7. The van der Waals surface area contributed by atoms with Crippen molar-refractivity contribution >= 4 is 54.0 Å². The van der Waals surface area contributed by atoms with Gasteiger partial charge in [-0.15, -0.1) is 22.7 Å². The molecule has 0 radical (unpaired) electrons. The van der Waals surface area contributed by atoms with Gasteiger partial charge in [0.1, 0.15) is 41.5 Å². The molecule has 0 bridgehead atoms. The van der Waals surface area contributed by atoms with Gasteiger partial charge in [-0.2, -0.15) is 21.0 Å². The number of fused-ring (bicyclic) bond motifs is 2. The maximum absolute atomic E-state index is 14.7. The number of nitrogens with zero attached hydrogens (tertiary/aromatic N) is 4. The largest absolute Gasteiger partial charge is 0.206 e. The fourth-order valence-corrected chi connectivity index (χ4v) is 5.29. The van der Waals surface area contributed by atoms with Crippen molar-refractivity contribution < 1.29 is 8.78 Å². The van der Waals surface area contributed by atoms with Crippen LogP contribution in [0.2, 0.25) is 0 Å². The van der Waals surface area contributed by atoms with E-state index in [2.05, 4.69) is 0 Å². The third-order valence-corrected chi connectivity index (χ3v) is 6.47. The summed E-state index contributed by atoms with van der Waals surface area (Å²) < 4.78 is 29.7. The molecule has 0 saturated heterocycles. The Bertz CT molecular complexity index is 1590. The number of halogens is 2. The highest BCUT2D eigenvalue weighted by molar-refractivity contribution is 7.18. The summed E-state index contributed by atoms with van der Waals surface area (Å²) in [5.41, 5.74) is -0.669. The summed E-state index contributed by atoms with van der Waals surface area (Å²) in [7, 11) is 0. The number of thiophene rings is 2. The molecule has 0 amide bonds. The Labute approximate surface area is 176 Å². The first-order valence-corrected chi connectivity index (χ1v) is 10.1. The molecule has 0 saturated carbocycles. The molecule has 0 aliphatic rings. The van der Waals surface area contributed by atoms with Crippen molar-refractivity contribution in [2.75, 3.05) is 0 Å². The van der Waals surface area contributed by atoms with Crippen molar-refractivity contribution in [3.8, 4) is 24.3 Å². The van der Waals surface area contributed by atoms with E-state index in [1.165, 1.54) is 22.7 Å². The van der Waals surface area contributed by atoms with E-state index in [0.717, 1.165) is 6.07 Å². The van der Waals surface area contributed by atoms with Crippen LogP contribution in [-0.2, 0) is 0 Å². The van der Waals surface area contributed by atoms with E-state index in [1.54, 1.807) is 29.0 Å². The summed E-state index contributed by atoms with van der Waals surface area (Å²) in [6, 6.07) is 12.6. The van der Waals surface area contributed by atoms with Crippen LogP contribution in [0.25, 0.3) is 31.3 Å². The second-order valence-electron chi connectivity index (χ2n) is 6.09. The molecular weight excluding hydrogens is 422 g/mol. The number of benzene rings is 2. The Morgan fingerprint density at radius 2 is 1.37 bits per heavy atom. The van der Waals surface area contributed by atoms with E-state index in [1.807, 2.05) is 18.2 Å². The van der Waals surface area contributed by atoms with Gasteiger partial charge in [-0.1, -0.05) is 0 Å². The highest BCUT2D eigenvalue weighted by Crippen LogP contribution is 2.27. The van der Waals surface area contributed by atoms with Gasteiger partial charge in [0.25, 0.3) is 0 Å². The van der Waals surface area contributed by atoms with E-state index in [0.29, 0.717) is 36.7 Å². The van der Waals surface area contributed by atoms with E-state index in [9.17, 15) is 24.6 Å². The molecule has 30 heavy (non-hydrogen) atoms. The molecule has 4 rings (SSSR count). The number of hydrogen-bond acceptors (Lipinski definition) is 6. The predicted molar refractivity (Wildman–Crippen MR) is 110 cm³/mol. The first-order valence-electron chi connectivity index (χ1n) is 8.30. The zero-order valence-electron chi connectivity index (χ0n) is 14.8. The molecule has 4 aromatic rings. The average molecular weight is 428 g/mol. The Morgan fingerprint density at radius 1 is 0.767 bits per heavy atom. The topological polar surface area (TPSA) is 95.2 Å². The van der Waals surface area contributed by atoms with Crippen molar-refractivity contribution in [2.24, 2.45) is 0 Å². The van der Waals surface area contributed by atoms with Gasteiger partial charge >= 0.3 is 0 Å². The molecule has 140 valence electrons. The molecule has 8 heteroatoms. The minimum atomic E-state index is -1.00. The zero-order valence-corrected chi connectivity index (χ0v) is 16.5. The van der Waals surface area contributed by atoms with Gasteiger partial charge in [0.2, 0.25) is 0 Å². The Kier molecular flexibility index (Phi) is 4.74. The van der Waals surface area contributed by atoms with Crippen molar-refractivity contribution in [1.29, 1.82) is 21.0 Å². The molecule has 2 aromatic carbocycles. The standard InChI is InChI=1S/C22H6F2N4S2/c23-17-6-18(24)15(5-11(17)7-25)16(10-28)20-14-2-4-29-21(14)19(12(8-26)9-27)13-1-3-30-22(13)20/h1-6H/b20-16-. The minimum absolute atomic E-state index is 0.0538. The summed E-state index contributed by atoms with van der Waals surface area (Å²) >= 11 is 2.58. The average Bonchev–Trinajstić information content (AvgIpc) is 3.41. The summed E-state index contributed by atoms with van der Waals surface area (Å²) in [4.78, 5) is 0. The van der Waals surface area contributed by atoms with Gasteiger partial charge in [-0.25, -0.2) is 8.78 Å². The quantitative estimate of drug-likeness (QED) is 0.454. The second-order valence-corrected chi connectivity index (χ2v) is 7.92. The van der Waals surface area contributed by atoms with Crippen LogP contribution in [0.3, 0.4) is 0 Å². The maximum Gasteiger partial charge on any atom is 0.143 e. The normalized spacial score (nSPS) is 11.4. The van der Waals surface area contributed by atoms with E-state index < -0.39 is 11.6 Å². The molecule has 0 aliphatic heterocycles. The number of nitriles is 4. The SMILES string of the molecule is N#CC(C#N)=c1c2ccsc2/c(=C(/C#N)c2cc(C#N)c(F)cc2F)c2ccsc12. The van der Waals surface area contributed by atoms with Crippen LogP contribution in [0.15, 0.2) is 35.0 Å². The van der Waals surface area contributed by atoms with Gasteiger partial charge < -0.3 is 0 Å². The summed E-state index contributed by atoms with van der Waals surface area (Å²) in [6.07, 6.45) is 0. The number of hydrogen-bond donors (Lipinski definition) is 0. The van der Waals surface area contributed by atoms with Crippen molar-refractivity contribution in [3.63, 3.8) is 0 Å². The van der Waals surface area contributed by atoms with Crippen LogP contribution in [0.1, 0.15) is 11.1 Å². The highest BCUT2D eigenvalue weighted by atomic mass is 32.1. The highest BCUT2D eigenvalue weighted by Gasteiger charge is 2.19. The molecular formula is C22H6F2N4S2. The van der Waals surface area contributed by atoms with E-state index >= 15 is 0 Å². The Hall–Kier alpha value is -4.08. The lowest BCUT2D eigenvalue weighted by atomic mass is 9.97. The van der Waals surface area contributed by atoms with Crippen LogP contribution >= 0.6 is 22.7 Å². The van der Waals surface area contributed by atoms with Crippen LogP contribution in [0.5, 0.6) is 0 Å². The first kappa shape index (κ1) is 19.2. The molecule has 0 fully saturated rings. The zero-order chi connectivity index (χ0) is 21.4. The lowest BCUT2D eigenvalue weighted by molar-refractivity contribution is 0.579. The van der Waals surface area contributed by atoms with Gasteiger partial charge in [-0.05, 0) is 29.0 Å². The molecule has 0 spiro atoms. The molecule has 2 aromatic heterocycles. The Balaban J connectivity index is 2.36. The molecule has 0 atom stereocenters. The summed E-state index contributed by atoms with van der Waals surface area (Å²) in [6.45, 7) is 0. The fraction of sp³-hybridized carbons (Fsp3) is 0. The molecule has 4 nitrogen and oxygen atoms in total. The molecule has 0 unspecified atom stereocenters. The van der Waals surface area contributed by atoms with Gasteiger partial charge in [0, 0.05) is 42.2 Å². The van der Waals surface area contributed by atoms with Crippen molar-refractivity contribution in [1.82, 2.24) is 0 Å². The fourth-order valence-electron chi connectivity index (χ4n) is 3.35. The van der Waals surface area contributed by atoms with Crippen LogP contribution in [0, 0.1) is 57.0 Å². The number of rotatable bonds is 1. The summed E-state index contributed by atoms with van der Waals surface area (Å²) in [5.74, 6) is -1.96. The first-order chi connectivity index (χ1) is 14.5. The third kappa shape index (κ3) is 2.72. The van der Waals surface area contributed by atoms with E-state index in [4.69, 9.17) is 5.26 Å². The van der Waals surface area contributed by atoms with Gasteiger partial charge in [-0.3, -0.25) is 0 Å². The lowest BCUT2D eigenvalue weighted by Crippen LogP contribution is -2.16. The monoisotopic (exact) mass is 428 g/mol. The minimum Gasteiger partial charge on any atom is -0.206 e.